The SMILES string of the molecule is Cc1cccc(CN2C[C@H]3[C@@H](CNC(=O)c4ccsc4)CO[C@H]3C2)n1. The third-order valence-corrected chi connectivity index (χ3v) is 5.84. The lowest BCUT2D eigenvalue weighted by Crippen LogP contribution is -2.34. The van der Waals surface area contributed by atoms with E-state index in [4.69, 9.17) is 4.74 Å². The number of amides is 1. The lowest BCUT2D eigenvalue weighted by Gasteiger charge is -2.19. The van der Waals surface area contributed by atoms with Crippen LogP contribution in [-0.2, 0) is 11.3 Å². The van der Waals surface area contributed by atoms with Crippen molar-refractivity contribution in [3.63, 3.8) is 0 Å². The van der Waals surface area contributed by atoms with E-state index in [9.17, 15) is 4.79 Å². The van der Waals surface area contributed by atoms with Crippen LogP contribution in [-0.4, -0.2) is 48.1 Å². The van der Waals surface area contributed by atoms with Crippen molar-refractivity contribution >= 4 is 17.2 Å². The van der Waals surface area contributed by atoms with Gasteiger partial charge in [0.05, 0.1) is 18.4 Å². The summed E-state index contributed by atoms with van der Waals surface area (Å²) < 4.78 is 5.99. The molecule has 0 spiro atoms. The number of fused-ring (bicyclic) bond motifs is 1. The number of aryl methyl sites for hydroxylation is 1. The predicted octanol–water partition coefficient (Wildman–Crippen LogP) is 2.33. The van der Waals surface area contributed by atoms with Crippen LogP contribution in [0.2, 0.25) is 0 Å². The van der Waals surface area contributed by atoms with E-state index < -0.39 is 0 Å². The lowest BCUT2D eigenvalue weighted by atomic mass is 9.93. The van der Waals surface area contributed by atoms with Crippen molar-refractivity contribution < 1.29 is 9.53 Å². The average Bonchev–Trinajstić information content (AvgIpc) is 3.30. The molecule has 1 N–H and O–H groups in total. The Morgan fingerprint density at radius 3 is 3.12 bits per heavy atom. The van der Waals surface area contributed by atoms with Crippen LogP contribution in [0.25, 0.3) is 0 Å². The average molecular weight is 357 g/mol. The summed E-state index contributed by atoms with van der Waals surface area (Å²) in [5.74, 6) is 0.902. The summed E-state index contributed by atoms with van der Waals surface area (Å²) in [6, 6.07) is 8.03. The third-order valence-electron chi connectivity index (χ3n) is 5.15. The van der Waals surface area contributed by atoms with Crippen LogP contribution in [0.15, 0.2) is 35.0 Å². The third kappa shape index (κ3) is 3.76. The van der Waals surface area contributed by atoms with E-state index in [1.807, 2.05) is 29.8 Å². The molecule has 1 amide bonds. The van der Waals surface area contributed by atoms with Crippen LogP contribution in [0.1, 0.15) is 21.7 Å². The van der Waals surface area contributed by atoms with Crippen molar-refractivity contribution in [2.75, 3.05) is 26.2 Å². The Morgan fingerprint density at radius 1 is 1.40 bits per heavy atom. The molecule has 0 aliphatic carbocycles. The summed E-state index contributed by atoms with van der Waals surface area (Å²) in [5.41, 5.74) is 2.92. The normalized spacial score (nSPS) is 25.9. The van der Waals surface area contributed by atoms with Crippen molar-refractivity contribution in [2.45, 2.75) is 19.6 Å². The van der Waals surface area contributed by atoms with Gasteiger partial charge in [0.25, 0.3) is 5.91 Å². The highest BCUT2D eigenvalue weighted by Gasteiger charge is 2.43. The molecule has 0 bridgehead atoms. The van der Waals surface area contributed by atoms with Gasteiger partial charge in [-0.25, -0.2) is 0 Å². The van der Waals surface area contributed by atoms with Crippen molar-refractivity contribution in [1.29, 1.82) is 0 Å². The van der Waals surface area contributed by atoms with Crippen molar-refractivity contribution in [1.82, 2.24) is 15.2 Å². The second kappa shape index (κ2) is 7.23. The molecule has 2 aromatic rings. The Hall–Kier alpha value is -1.76. The smallest absolute Gasteiger partial charge is 0.252 e. The van der Waals surface area contributed by atoms with Gasteiger partial charge in [-0.05, 0) is 30.5 Å². The first kappa shape index (κ1) is 16.7. The van der Waals surface area contributed by atoms with Crippen LogP contribution in [0, 0.1) is 18.8 Å². The maximum absolute atomic E-state index is 12.1. The summed E-state index contributed by atoms with van der Waals surface area (Å²) in [4.78, 5) is 19.1. The van der Waals surface area contributed by atoms with E-state index >= 15 is 0 Å². The van der Waals surface area contributed by atoms with Crippen LogP contribution in [0.3, 0.4) is 0 Å². The van der Waals surface area contributed by atoms with Crippen LogP contribution < -0.4 is 5.32 Å². The molecule has 3 atom stereocenters. The Bertz CT molecular complexity index is 734. The number of likely N-dealkylation sites (tertiary alicyclic amines) is 1. The van der Waals surface area contributed by atoms with Gasteiger partial charge in [-0.15, -0.1) is 0 Å². The molecule has 2 aliphatic heterocycles. The van der Waals surface area contributed by atoms with E-state index in [1.54, 1.807) is 11.3 Å². The highest BCUT2D eigenvalue weighted by atomic mass is 32.1. The van der Waals surface area contributed by atoms with Gasteiger partial charge < -0.3 is 10.1 Å². The van der Waals surface area contributed by atoms with Crippen molar-refractivity contribution in [3.05, 3.63) is 52.0 Å². The topological polar surface area (TPSA) is 54.5 Å². The second-order valence-corrected chi connectivity index (χ2v) is 7.76. The van der Waals surface area contributed by atoms with E-state index in [0.717, 1.165) is 43.2 Å². The molecule has 2 fully saturated rings. The van der Waals surface area contributed by atoms with Crippen molar-refractivity contribution in [2.24, 2.45) is 11.8 Å². The maximum Gasteiger partial charge on any atom is 0.252 e. The molecular formula is C19H23N3O2S. The number of aromatic nitrogens is 1. The largest absolute Gasteiger partial charge is 0.376 e. The molecule has 132 valence electrons. The number of pyridine rings is 1. The molecule has 2 saturated heterocycles. The zero-order chi connectivity index (χ0) is 17.2. The summed E-state index contributed by atoms with van der Waals surface area (Å²) in [7, 11) is 0. The summed E-state index contributed by atoms with van der Waals surface area (Å²) in [6.07, 6.45) is 0.285. The molecule has 6 heteroatoms. The molecule has 0 saturated carbocycles. The van der Waals surface area contributed by atoms with Gasteiger partial charge in [-0.2, -0.15) is 11.3 Å². The fourth-order valence-electron chi connectivity index (χ4n) is 3.86. The summed E-state index contributed by atoms with van der Waals surface area (Å²) in [6.45, 7) is 6.29. The minimum absolute atomic E-state index is 0.0171. The van der Waals surface area contributed by atoms with Gasteiger partial charge in [-0.3, -0.25) is 14.7 Å². The predicted molar refractivity (Wildman–Crippen MR) is 97.6 cm³/mol. The molecule has 0 aromatic carbocycles. The number of carbonyl (C=O) groups excluding carboxylic acids is 1. The lowest BCUT2D eigenvalue weighted by molar-refractivity contribution is 0.0903. The molecule has 4 heterocycles. The van der Waals surface area contributed by atoms with Crippen LogP contribution in [0.5, 0.6) is 0 Å². The number of nitrogens with zero attached hydrogens (tertiary/aromatic N) is 2. The number of carbonyl (C=O) groups is 1. The van der Waals surface area contributed by atoms with Gasteiger partial charge in [-0.1, -0.05) is 6.07 Å². The molecule has 4 rings (SSSR count). The van der Waals surface area contributed by atoms with Gasteiger partial charge in [0.1, 0.15) is 0 Å². The molecule has 2 aromatic heterocycles. The Kier molecular flexibility index (Phi) is 4.83. The van der Waals surface area contributed by atoms with Gasteiger partial charge in [0, 0.05) is 54.7 Å². The summed E-state index contributed by atoms with van der Waals surface area (Å²) >= 11 is 1.55. The van der Waals surface area contributed by atoms with E-state index in [0.29, 0.717) is 18.4 Å². The number of hydrogen-bond acceptors (Lipinski definition) is 5. The molecule has 2 aliphatic rings. The number of thiophene rings is 1. The first-order valence-electron chi connectivity index (χ1n) is 8.76. The van der Waals surface area contributed by atoms with Crippen LogP contribution in [0.4, 0.5) is 0 Å². The number of hydrogen-bond donors (Lipinski definition) is 1. The number of rotatable bonds is 5. The van der Waals surface area contributed by atoms with Gasteiger partial charge in [0.2, 0.25) is 0 Å². The summed E-state index contributed by atoms with van der Waals surface area (Å²) in [5, 5.41) is 6.88. The molecular weight excluding hydrogens is 334 g/mol. The quantitative estimate of drug-likeness (QED) is 0.892. The maximum atomic E-state index is 12.1. The van der Waals surface area contributed by atoms with Crippen molar-refractivity contribution in [3.8, 4) is 0 Å². The molecule has 0 unspecified atom stereocenters. The molecule has 5 nitrogen and oxygen atoms in total. The van der Waals surface area contributed by atoms with Crippen LogP contribution >= 0.6 is 11.3 Å². The van der Waals surface area contributed by atoms with Gasteiger partial charge >= 0.3 is 0 Å². The minimum Gasteiger partial charge on any atom is -0.376 e. The fourth-order valence-corrected chi connectivity index (χ4v) is 4.49. The van der Waals surface area contributed by atoms with E-state index in [2.05, 4.69) is 27.3 Å². The number of nitrogens with one attached hydrogen (secondary N) is 1. The Balaban J connectivity index is 1.31. The minimum atomic E-state index is 0.0171. The monoisotopic (exact) mass is 357 g/mol. The first-order valence-corrected chi connectivity index (χ1v) is 9.70. The first-order chi connectivity index (χ1) is 12.2. The Labute approximate surface area is 152 Å². The Morgan fingerprint density at radius 2 is 2.32 bits per heavy atom. The molecule has 25 heavy (non-hydrogen) atoms. The standard InChI is InChI=1S/C19H23N3O2S/c1-13-3-2-4-16(21-13)8-22-9-17-15(11-24-18(17)10-22)7-20-19(23)14-5-6-25-12-14/h2-6,12,15,17-18H,7-11H2,1H3,(H,20,23)/t15-,17-,18-/m0/s1. The highest BCUT2D eigenvalue weighted by Crippen LogP contribution is 2.33. The molecule has 0 radical (unpaired) electrons. The van der Waals surface area contributed by atoms with Gasteiger partial charge in [0.15, 0.2) is 0 Å². The zero-order valence-corrected chi connectivity index (χ0v) is 15.2. The fraction of sp³-hybridized carbons (Fsp3) is 0.474. The second-order valence-electron chi connectivity index (χ2n) is 6.98. The zero-order valence-electron chi connectivity index (χ0n) is 14.4. The van der Waals surface area contributed by atoms with E-state index in [1.165, 1.54) is 0 Å². The van der Waals surface area contributed by atoms with E-state index in [-0.39, 0.29) is 12.0 Å². The number of ether oxygens (including phenoxy) is 1. The highest BCUT2D eigenvalue weighted by molar-refractivity contribution is 7.08.